The van der Waals surface area contributed by atoms with E-state index in [9.17, 15) is 18.0 Å². The number of anilines is 1. The van der Waals surface area contributed by atoms with Crippen molar-refractivity contribution in [2.24, 2.45) is 0 Å². The predicted molar refractivity (Wildman–Crippen MR) is 118 cm³/mol. The number of urea groups is 1. The van der Waals surface area contributed by atoms with Crippen LogP contribution in [0.1, 0.15) is 13.8 Å². The zero-order valence-electron chi connectivity index (χ0n) is 18.7. The summed E-state index contributed by atoms with van der Waals surface area (Å²) < 4.78 is 45.0. The molecule has 0 spiro atoms. The molecule has 0 radical (unpaired) electrons. The molecule has 2 fully saturated rings. The summed E-state index contributed by atoms with van der Waals surface area (Å²) in [5, 5.41) is 4.87. The Bertz CT molecular complexity index is 987. The average molecular weight is 484 g/mol. The van der Waals surface area contributed by atoms with Crippen molar-refractivity contribution < 1.29 is 32.2 Å². The number of hydrogen-bond acceptors (Lipinski definition) is 8. The van der Waals surface area contributed by atoms with Crippen molar-refractivity contribution in [2.45, 2.75) is 26.1 Å². The van der Waals surface area contributed by atoms with Crippen LogP contribution < -0.4 is 20.1 Å². The fraction of sp³-hybridized carbons (Fsp3) is 0.600. The Morgan fingerprint density at radius 1 is 1.00 bits per heavy atom. The third-order valence-corrected chi connectivity index (χ3v) is 7.59. The molecule has 2 atom stereocenters. The van der Waals surface area contributed by atoms with Gasteiger partial charge in [-0.15, -0.1) is 0 Å². The van der Waals surface area contributed by atoms with Crippen LogP contribution in [-0.4, -0.2) is 98.7 Å². The van der Waals surface area contributed by atoms with E-state index in [1.165, 1.54) is 8.61 Å². The number of fused-ring (bicyclic) bond motifs is 1. The minimum atomic E-state index is -3.58. The number of nitrogens with zero attached hydrogens (tertiary/aromatic N) is 3. The molecule has 3 amide bonds. The lowest BCUT2D eigenvalue weighted by Crippen LogP contribution is -2.57. The van der Waals surface area contributed by atoms with Crippen LogP contribution in [0.3, 0.4) is 0 Å². The minimum Gasteiger partial charge on any atom is -0.454 e. The highest BCUT2D eigenvalue weighted by atomic mass is 32.2. The van der Waals surface area contributed by atoms with Gasteiger partial charge in [0.2, 0.25) is 12.7 Å². The van der Waals surface area contributed by atoms with Gasteiger partial charge in [0, 0.05) is 51.0 Å². The summed E-state index contributed by atoms with van der Waals surface area (Å²) in [5.74, 6) is 0.643. The molecule has 0 bridgehead atoms. The minimum absolute atomic E-state index is 0.00588. The summed E-state index contributed by atoms with van der Waals surface area (Å²) in [6.07, 6.45) is -0.311. The lowest BCUT2D eigenvalue weighted by molar-refractivity contribution is -0.121. The Labute approximate surface area is 192 Å². The molecule has 12 nitrogen and oxygen atoms in total. The predicted octanol–water partition coefficient (Wildman–Crippen LogP) is 0.0350. The van der Waals surface area contributed by atoms with Crippen LogP contribution in [0.15, 0.2) is 18.2 Å². The van der Waals surface area contributed by atoms with Crippen LogP contribution in [0.5, 0.6) is 11.5 Å². The van der Waals surface area contributed by atoms with Crippen LogP contribution in [0.2, 0.25) is 0 Å². The standard InChI is InChI=1S/C20H29N5O7S/c1-14-10-25(11-15(2)32-14)33(28,29)24-7-5-23(6-8-24)12-19(26)22-20(27)21-16-3-4-17-18(9-16)31-13-30-17/h3-4,9,14-15H,5-8,10-13H2,1-2H3,(H2,21,22,26,27). The van der Waals surface area contributed by atoms with E-state index in [-0.39, 0.29) is 38.6 Å². The van der Waals surface area contributed by atoms with Gasteiger partial charge in [-0.1, -0.05) is 0 Å². The Morgan fingerprint density at radius 3 is 2.36 bits per heavy atom. The number of carbonyl (C=O) groups is 2. The molecule has 2 saturated heterocycles. The lowest BCUT2D eigenvalue weighted by Gasteiger charge is -2.40. The van der Waals surface area contributed by atoms with Crippen molar-refractivity contribution in [3.05, 3.63) is 18.2 Å². The molecule has 3 heterocycles. The molecule has 182 valence electrons. The first-order valence-corrected chi connectivity index (χ1v) is 12.2. The molecule has 3 aliphatic heterocycles. The molecule has 4 rings (SSSR count). The normalized spacial score (nSPS) is 24.4. The SMILES string of the molecule is CC1CN(S(=O)(=O)N2CCN(CC(=O)NC(=O)Nc3ccc4c(c3)OCO4)CC2)CC(C)O1. The first kappa shape index (κ1) is 23.7. The number of rotatable bonds is 5. The molecule has 13 heteroatoms. The largest absolute Gasteiger partial charge is 0.454 e. The first-order valence-electron chi connectivity index (χ1n) is 10.8. The van der Waals surface area contributed by atoms with Gasteiger partial charge in [0.25, 0.3) is 10.2 Å². The number of hydrogen-bond donors (Lipinski definition) is 2. The summed E-state index contributed by atoms with van der Waals surface area (Å²) >= 11 is 0. The first-order chi connectivity index (χ1) is 15.7. The molecular weight excluding hydrogens is 454 g/mol. The van der Waals surface area contributed by atoms with E-state index in [4.69, 9.17) is 14.2 Å². The zero-order valence-corrected chi connectivity index (χ0v) is 19.5. The average Bonchev–Trinajstić information content (AvgIpc) is 3.21. The number of morpholine rings is 1. The fourth-order valence-electron chi connectivity index (χ4n) is 4.11. The zero-order chi connectivity index (χ0) is 23.6. The lowest BCUT2D eigenvalue weighted by atomic mass is 10.3. The molecule has 1 aromatic rings. The quantitative estimate of drug-likeness (QED) is 0.600. The highest BCUT2D eigenvalue weighted by Crippen LogP contribution is 2.34. The van der Waals surface area contributed by atoms with E-state index < -0.39 is 22.1 Å². The van der Waals surface area contributed by atoms with E-state index in [0.29, 0.717) is 43.4 Å². The second-order valence-electron chi connectivity index (χ2n) is 8.33. The van der Waals surface area contributed by atoms with Gasteiger partial charge in [0.1, 0.15) is 0 Å². The van der Waals surface area contributed by atoms with Crippen LogP contribution >= 0.6 is 0 Å². The van der Waals surface area contributed by atoms with Gasteiger partial charge in [0.15, 0.2) is 11.5 Å². The van der Waals surface area contributed by atoms with Gasteiger partial charge >= 0.3 is 6.03 Å². The molecule has 2 N–H and O–H groups in total. The highest BCUT2D eigenvalue weighted by molar-refractivity contribution is 7.86. The van der Waals surface area contributed by atoms with Crippen LogP contribution in [0.25, 0.3) is 0 Å². The van der Waals surface area contributed by atoms with E-state index in [2.05, 4.69) is 10.6 Å². The molecule has 33 heavy (non-hydrogen) atoms. The smallest absolute Gasteiger partial charge is 0.325 e. The fourth-order valence-corrected chi connectivity index (χ4v) is 5.85. The molecule has 0 saturated carbocycles. The Hall–Kier alpha value is -2.45. The van der Waals surface area contributed by atoms with Crippen LogP contribution in [0.4, 0.5) is 10.5 Å². The van der Waals surface area contributed by atoms with Crippen molar-refractivity contribution in [2.75, 3.05) is 57.9 Å². The van der Waals surface area contributed by atoms with Crippen molar-refractivity contribution in [1.82, 2.24) is 18.8 Å². The molecule has 3 aliphatic rings. The second kappa shape index (κ2) is 9.81. The number of imide groups is 1. The maximum Gasteiger partial charge on any atom is 0.325 e. The van der Waals surface area contributed by atoms with Gasteiger partial charge in [-0.25, -0.2) is 4.79 Å². The number of amides is 3. The van der Waals surface area contributed by atoms with Crippen molar-refractivity contribution in [3.63, 3.8) is 0 Å². The maximum absolute atomic E-state index is 13.0. The molecule has 0 aliphatic carbocycles. The number of piperazine rings is 1. The van der Waals surface area contributed by atoms with Gasteiger partial charge in [-0.3, -0.25) is 15.0 Å². The van der Waals surface area contributed by atoms with Crippen LogP contribution in [-0.2, 0) is 19.7 Å². The van der Waals surface area contributed by atoms with Gasteiger partial charge < -0.3 is 19.5 Å². The number of carbonyl (C=O) groups excluding carboxylic acids is 2. The Balaban J connectivity index is 1.22. The van der Waals surface area contributed by atoms with E-state index in [1.807, 2.05) is 18.7 Å². The molecule has 0 aromatic heterocycles. The van der Waals surface area contributed by atoms with Crippen molar-refractivity contribution >= 4 is 27.8 Å². The highest BCUT2D eigenvalue weighted by Gasteiger charge is 2.36. The van der Waals surface area contributed by atoms with Gasteiger partial charge in [-0.05, 0) is 26.0 Å². The molecule has 2 unspecified atom stereocenters. The summed E-state index contributed by atoms with van der Waals surface area (Å²) in [7, 11) is -3.58. The third kappa shape index (κ3) is 5.73. The Morgan fingerprint density at radius 2 is 1.67 bits per heavy atom. The summed E-state index contributed by atoms with van der Waals surface area (Å²) in [6.45, 7) is 5.84. The monoisotopic (exact) mass is 483 g/mol. The molecular formula is C20H29N5O7S. The number of nitrogens with one attached hydrogen (secondary N) is 2. The Kier molecular flexibility index (Phi) is 7.05. The molecule has 1 aromatic carbocycles. The number of benzene rings is 1. The van der Waals surface area contributed by atoms with E-state index in [1.54, 1.807) is 18.2 Å². The van der Waals surface area contributed by atoms with E-state index >= 15 is 0 Å². The summed E-state index contributed by atoms with van der Waals surface area (Å²) in [6, 6.07) is 4.27. The second-order valence-corrected chi connectivity index (χ2v) is 10.3. The topological polar surface area (TPSA) is 130 Å². The third-order valence-electron chi connectivity index (χ3n) is 5.62. The van der Waals surface area contributed by atoms with E-state index in [0.717, 1.165) is 0 Å². The van der Waals surface area contributed by atoms with Crippen LogP contribution in [0, 0.1) is 0 Å². The van der Waals surface area contributed by atoms with Gasteiger partial charge in [-0.2, -0.15) is 17.0 Å². The maximum atomic E-state index is 13.0. The summed E-state index contributed by atoms with van der Waals surface area (Å²) in [4.78, 5) is 26.2. The summed E-state index contributed by atoms with van der Waals surface area (Å²) in [5.41, 5.74) is 0.468. The van der Waals surface area contributed by atoms with Crippen molar-refractivity contribution in [1.29, 1.82) is 0 Å². The van der Waals surface area contributed by atoms with Gasteiger partial charge in [0.05, 0.1) is 18.8 Å². The number of ether oxygens (including phenoxy) is 3. The van der Waals surface area contributed by atoms with Crippen molar-refractivity contribution in [3.8, 4) is 11.5 Å².